The van der Waals surface area contributed by atoms with Crippen molar-refractivity contribution in [1.29, 1.82) is 0 Å². The van der Waals surface area contributed by atoms with E-state index in [1.807, 2.05) is 19.9 Å². The molecule has 28 heavy (non-hydrogen) atoms. The number of phenolic OH excluding ortho intramolecular Hbond substituents is 1. The summed E-state index contributed by atoms with van der Waals surface area (Å²) >= 11 is 0. The second-order valence-electron chi connectivity index (χ2n) is 7.14. The van der Waals surface area contributed by atoms with Gasteiger partial charge in [-0.2, -0.15) is 0 Å². The number of nitrogens with zero attached hydrogens (tertiary/aromatic N) is 1. The highest BCUT2D eigenvalue weighted by molar-refractivity contribution is 6.14. The fourth-order valence-corrected chi connectivity index (χ4v) is 3.74. The molecule has 0 saturated heterocycles. The monoisotopic (exact) mass is 375 g/mol. The molecule has 7 nitrogen and oxygen atoms in total. The Morgan fingerprint density at radius 2 is 1.93 bits per heavy atom. The minimum absolute atomic E-state index is 0.0161. The largest absolute Gasteiger partial charge is 0.508 e. The molecular formula is C21H17N3O4. The molecule has 140 valence electrons. The molecule has 0 atom stereocenters. The van der Waals surface area contributed by atoms with Crippen molar-refractivity contribution < 1.29 is 9.52 Å². The van der Waals surface area contributed by atoms with Gasteiger partial charge in [-0.05, 0) is 43.7 Å². The number of hydrogen-bond acceptors (Lipinski definition) is 4. The first-order valence-electron chi connectivity index (χ1n) is 8.96. The summed E-state index contributed by atoms with van der Waals surface area (Å²) in [6.45, 7) is 3.94. The molecule has 7 heteroatoms. The average Bonchev–Trinajstić information content (AvgIpc) is 3.17. The van der Waals surface area contributed by atoms with E-state index in [2.05, 4.69) is 10.1 Å². The lowest BCUT2D eigenvalue weighted by Crippen LogP contribution is -2.07. The molecule has 0 radical (unpaired) electrons. The Morgan fingerprint density at radius 3 is 2.68 bits per heavy atom. The predicted molar refractivity (Wildman–Crippen MR) is 108 cm³/mol. The molecule has 3 aromatic heterocycles. The molecule has 0 bridgehead atoms. The van der Waals surface area contributed by atoms with Crippen molar-refractivity contribution in [3.8, 4) is 16.9 Å². The van der Waals surface area contributed by atoms with Crippen LogP contribution in [0, 0.1) is 0 Å². The standard InChI is InChI=1S/C21H17N3O4/c1-10(2)24-20-17(21(27)23-24)16(11-4-3-5-12(25)8-11)19-18(22-20)14-7-6-13(26)9-15(14)28-19/h3-10,22,25H,1-2H3,(H,23,27). The maximum atomic E-state index is 12.8. The van der Waals surface area contributed by atoms with E-state index in [-0.39, 0.29) is 22.8 Å². The molecule has 0 amide bonds. The summed E-state index contributed by atoms with van der Waals surface area (Å²) in [7, 11) is 0. The molecule has 0 spiro atoms. The van der Waals surface area contributed by atoms with Crippen LogP contribution in [0.2, 0.25) is 0 Å². The van der Waals surface area contributed by atoms with Crippen molar-refractivity contribution in [2.75, 3.05) is 0 Å². The molecule has 2 aromatic carbocycles. The van der Waals surface area contributed by atoms with E-state index >= 15 is 0 Å². The molecular weight excluding hydrogens is 358 g/mol. The lowest BCUT2D eigenvalue weighted by Gasteiger charge is -2.10. The van der Waals surface area contributed by atoms with Crippen molar-refractivity contribution in [2.45, 2.75) is 19.9 Å². The smallest absolute Gasteiger partial charge is 0.274 e. The number of rotatable bonds is 2. The number of aromatic amines is 2. The van der Waals surface area contributed by atoms with Crippen LogP contribution in [-0.4, -0.2) is 19.9 Å². The van der Waals surface area contributed by atoms with E-state index in [1.54, 1.807) is 28.9 Å². The molecule has 3 heterocycles. The molecule has 0 aliphatic rings. The second kappa shape index (κ2) is 5.63. The zero-order chi connectivity index (χ0) is 19.6. The second-order valence-corrected chi connectivity index (χ2v) is 7.14. The van der Waals surface area contributed by atoms with E-state index in [0.717, 1.165) is 5.39 Å². The molecule has 0 unspecified atom stereocenters. The number of aromatic hydroxyl groups is 1. The Kier molecular flexibility index (Phi) is 3.30. The molecule has 3 N–H and O–H groups in total. The van der Waals surface area contributed by atoms with Gasteiger partial charge in [0.05, 0.1) is 10.9 Å². The van der Waals surface area contributed by atoms with Crippen molar-refractivity contribution >= 4 is 33.1 Å². The first-order chi connectivity index (χ1) is 13.4. The van der Waals surface area contributed by atoms with Gasteiger partial charge in [0.25, 0.3) is 5.56 Å². The third-order valence-electron chi connectivity index (χ3n) is 4.96. The van der Waals surface area contributed by atoms with Crippen molar-refractivity contribution in [3.05, 3.63) is 63.0 Å². The zero-order valence-electron chi connectivity index (χ0n) is 15.2. The summed E-state index contributed by atoms with van der Waals surface area (Å²) in [6, 6.07) is 11.3. The lowest BCUT2D eigenvalue weighted by atomic mass is 10.0. The number of nitrogens with one attached hydrogen (secondary N) is 2. The Hall–Kier alpha value is -3.74. The minimum atomic E-state index is -0.259. The van der Waals surface area contributed by atoms with Crippen LogP contribution in [0.5, 0.6) is 5.75 Å². The highest BCUT2D eigenvalue weighted by atomic mass is 16.3. The van der Waals surface area contributed by atoms with Gasteiger partial charge in [-0.3, -0.25) is 19.4 Å². The zero-order valence-corrected chi connectivity index (χ0v) is 15.2. The molecule has 5 aromatic rings. The third kappa shape index (κ3) is 2.22. The van der Waals surface area contributed by atoms with Gasteiger partial charge in [0, 0.05) is 23.1 Å². The number of H-pyrrole nitrogens is 2. The molecule has 0 fully saturated rings. The maximum absolute atomic E-state index is 12.8. The van der Waals surface area contributed by atoms with E-state index in [9.17, 15) is 14.7 Å². The Balaban J connectivity index is 2.07. The lowest BCUT2D eigenvalue weighted by molar-refractivity contribution is 0.475. The molecule has 0 saturated carbocycles. The predicted octanol–water partition coefficient (Wildman–Crippen LogP) is 3.87. The SMILES string of the molecule is CC(C)n1[nH]c(=O)c2c(-c3cccc(O)c3)c3oc4cc(=O)ccc4c3[nH]c21. The third-order valence-corrected chi connectivity index (χ3v) is 4.96. The van der Waals surface area contributed by atoms with E-state index in [1.165, 1.54) is 12.1 Å². The fourth-order valence-electron chi connectivity index (χ4n) is 3.74. The summed E-state index contributed by atoms with van der Waals surface area (Å²) in [6.07, 6.45) is 0. The number of benzene rings is 2. The van der Waals surface area contributed by atoms with Crippen molar-refractivity contribution in [2.24, 2.45) is 0 Å². The first-order valence-corrected chi connectivity index (χ1v) is 8.96. The summed E-state index contributed by atoms with van der Waals surface area (Å²) in [4.78, 5) is 27.9. The number of fused-ring (bicyclic) bond motifs is 4. The van der Waals surface area contributed by atoms with Gasteiger partial charge in [-0.1, -0.05) is 12.1 Å². The van der Waals surface area contributed by atoms with Gasteiger partial charge in [0.1, 0.15) is 17.0 Å². The summed E-state index contributed by atoms with van der Waals surface area (Å²) < 4.78 is 7.78. The number of phenols is 1. The number of hydrogen-bond donors (Lipinski definition) is 3. The highest BCUT2D eigenvalue weighted by Gasteiger charge is 2.22. The van der Waals surface area contributed by atoms with Crippen LogP contribution in [-0.2, 0) is 0 Å². The number of pyridine rings is 1. The van der Waals surface area contributed by atoms with Gasteiger partial charge in [-0.15, -0.1) is 0 Å². The van der Waals surface area contributed by atoms with Gasteiger partial charge < -0.3 is 14.5 Å². The van der Waals surface area contributed by atoms with Crippen LogP contribution >= 0.6 is 0 Å². The van der Waals surface area contributed by atoms with Gasteiger partial charge in [-0.25, -0.2) is 0 Å². The Labute approximate surface area is 157 Å². The van der Waals surface area contributed by atoms with E-state index in [0.29, 0.717) is 38.8 Å². The van der Waals surface area contributed by atoms with Crippen LogP contribution in [0.25, 0.3) is 44.2 Å². The van der Waals surface area contributed by atoms with Crippen LogP contribution < -0.4 is 11.0 Å². The highest BCUT2D eigenvalue weighted by Crippen LogP contribution is 2.39. The van der Waals surface area contributed by atoms with E-state index < -0.39 is 0 Å². The molecule has 0 aliphatic carbocycles. The molecule has 5 rings (SSSR count). The average molecular weight is 375 g/mol. The summed E-state index contributed by atoms with van der Waals surface area (Å²) in [5, 5.41) is 14.1. The van der Waals surface area contributed by atoms with Gasteiger partial charge in [0.15, 0.2) is 11.0 Å². The first kappa shape index (κ1) is 16.4. The quantitative estimate of drug-likeness (QED) is 0.436. The van der Waals surface area contributed by atoms with Gasteiger partial charge >= 0.3 is 0 Å². The van der Waals surface area contributed by atoms with Crippen LogP contribution in [0.4, 0.5) is 0 Å². The normalized spacial score (nSPS) is 12.0. The minimum Gasteiger partial charge on any atom is -0.508 e. The molecule has 0 aliphatic heterocycles. The van der Waals surface area contributed by atoms with Crippen LogP contribution in [0.1, 0.15) is 19.9 Å². The van der Waals surface area contributed by atoms with Crippen molar-refractivity contribution in [3.63, 3.8) is 0 Å². The topological polar surface area (TPSA) is 104 Å². The van der Waals surface area contributed by atoms with Gasteiger partial charge in [0.2, 0.25) is 0 Å². The number of aromatic nitrogens is 3. The number of furan rings is 1. The van der Waals surface area contributed by atoms with Crippen LogP contribution in [0.3, 0.4) is 0 Å². The van der Waals surface area contributed by atoms with Crippen molar-refractivity contribution in [1.82, 2.24) is 14.8 Å². The Bertz CT molecular complexity index is 1500. The summed E-state index contributed by atoms with van der Waals surface area (Å²) in [5.74, 6) is 0.0873. The summed E-state index contributed by atoms with van der Waals surface area (Å²) in [5.41, 5.74) is 3.03. The maximum Gasteiger partial charge on any atom is 0.274 e. The van der Waals surface area contributed by atoms with E-state index in [4.69, 9.17) is 4.42 Å². The fraction of sp³-hybridized carbons (Fsp3) is 0.143. The van der Waals surface area contributed by atoms with Crippen LogP contribution in [0.15, 0.2) is 56.5 Å². The Morgan fingerprint density at radius 1 is 1.11 bits per heavy atom.